The Labute approximate surface area is 106 Å². The van der Waals surface area contributed by atoms with Gasteiger partial charge in [0, 0.05) is 18.7 Å². The van der Waals surface area contributed by atoms with Gasteiger partial charge in [0.25, 0.3) is 0 Å². The summed E-state index contributed by atoms with van der Waals surface area (Å²) in [6, 6.07) is 7.43. The second kappa shape index (κ2) is 6.85. The van der Waals surface area contributed by atoms with E-state index >= 15 is 0 Å². The number of carbonyl (C=O) groups is 1. The predicted molar refractivity (Wildman–Crippen MR) is 72.3 cm³/mol. The van der Waals surface area contributed by atoms with E-state index in [2.05, 4.69) is 10.6 Å². The molecule has 92 valence electrons. The minimum atomic E-state index is -0.194. The topological polar surface area (TPSA) is 50.4 Å². The Bertz CT molecular complexity index is 407. The summed E-state index contributed by atoms with van der Waals surface area (Å²) in [5.74, 6) is 0.586. The number of carbonyl (C=O) groups excluding carboxylic acids is 1. The van der Waals surface area contributed by atoms with Gasteiger partial charge in [0.05, 0.1) is 6.61 Å². The highest BCUT2D eigenvalue weighted by Gasteiger charge is 2.01. The standard InChI is InChI=1S/C12H16N2O2S/c1-3-7-16-11-6-4-5-10(8-11)14-12(17)13-9(2)15/h4-6,8H,3,7H2,1-2H3,(H2,13,14,15,17). The van der Waals surface area contributed by atoms with E-state index in [1.165, 1.54) is 6.92 Å². The lowest BCUT2D eigenvalue weighted by molar-refractivity contribution is -0.117. The van der Waals surface area contributed by atoms with Crippen molar-refractivity contribution < 1.29 is 9.53 Å². The second-order valence-corrected chi connectivity index (χ2v) is 3.92. The lowest BCUT2D eigenvalue weighted by Crippen LogP contribution is -2.32. The third kappa shape index (κ3) is 5.31. The first-order valence-electron chi connectivity index (χ1n) is 5.43. The fraction of sp³-hybridized carbons (Fsp3) is 0.333. The minimum Gasteiger partial charge on any atom is -0.494 e. The van der Waals surface area contributed by atoms with Gasteiger partial charge in [-0.2, -0.15) is 0 Å². The summed E-state index contributed by atoms with van der Waals surface area (Å²) in [7, 11) is 0. The highest BCUT2D eigenvalue weighted by Crippen LogP contribution is 2.17. The molecule has 4 nitrogen and oxygen atoms in total. The van der Waals surface area contributed by atoms with Crippen molar-refractivity contribution in [3.63, 3.8) is 0 Å². The predicted octanol–water partition coefficient (Wildman–Crippen LogP) is 2.31. The molecular formula is C12H16N2O2S. The molecule has 0 saturated heterocycles. The number of nitrogens with one attached hydrogen (secondary N) is 2. The quantitative estimate of drug-likeness (QED) is 0.807. The summed E-state index contributed by atoms with van der Waals surface area (Å²) < 4.78 is 5.49. The Kier molecular flexibility index (Phi) is 5.42. The Morgan fingerprint density at radius 2 is 2.24 bits per heavy atom. The van der Waals surface area contributed by atoms with Crippen LogP contribution in [0.25, 0.3) is 0 Å². The van der Waals surface area contributed by atoms with Crippen molar-refractivity contribution in [3.8, 4) is 5.75 Å². The average molecular weight is 252 g/mol. The number of benzene rings is 1. The van der Waals surface area contributed by atoms with E-state index in [1.54, 1.807) is 0 Å². The molecule has 0 aliphatic heterocycles. The lowest BCUT2D eigenvalue weighted by Gasteiger charge is -2.10. The van der Waals surface area contributed by atoms with Gasteiger partial charge in [-0.05, 0) is 30.8 Å². The number of amides is 1. The van der Waals surface area contributed by atoms with Gasteiger partial charge in [-0.1, -0.05) is 13.0 Å². The van der Waals surface area contributed by atoms with Gasteiger partial charge in [0.2, 0.25) is 5.91 Å². The van der Waals surface area contributed by atoms with E-state index in [0.29, 0.717) is 6.61 Å². The van der Waals surface area contributed by atoms with Gasteiger partial charge < -0.3 is 15.4 Å². The summed E-state index contributed by atoms with van der Waals surface area (Å²) >= 11 is 4.96. The molecule has 0 unspecified atom stereocenters. The second-order valence-electron chi connectivity index (χ2n) is 3.51. The number of ether oxygens (including phenoxy) is 1. The molecular weight excluding hydrogens is 236 g/mol. The van der Waals surface area contributed by atoms with Crippen molar-refractivity contribution in [2.45, 2.75) is 20.3 Å². The van der Waals surface area contributed by atoms with E-state index in [1.807, 2.05) is 31.2 Å². The molecule has 17 heavy (non-hydrogen) atoms. The summed E-state index contributed by atoms with van der Waals surface area (Å²) in [6.45, 7) is 4.14. The summed E-state index contributed by atoms with van der Waals surface area (Å²) in [5.41, 5.74) is 0.789. The number of thiocarbonyl (C=S) groups is 1. The van der Waals surface area contributed by atoms with Gasteiger partial charge in [-0.3, -0.25) is 4.79 Å². The van der Waals surface area contributed by atoms with Crippen molar-refractivity contribution in [2.75, 3.05) is 11.9 Å². The molecule has 5 heteroatoms. The van der Waals surface area contributed by atoms with Crippen LogP contribution in [0.1, 0.15) is 20.3 Å². The van der Waals surface area contributed by atoms with Crippen LogP contribution in [0.15, 0.2) is 24.3 Å². The van der Waals surface area contributed by atoms with E-state index in [-0.39, 0.29) is 11.0 Å². The number of hydrogen-bond acceptors (Lipinski definition) is 3. The third-order valence-electron chi connectivity index (χ3n) is 1.85. The summed E-state index contributed by atoms with van der Waals surface area (Å²) in [4.78, 5) is 10.8. The fourth-order valence-electron chi connectivity index (χ4n) is 1.21. The highest BCUT2D eigenvalue weighted by atomic mass is 32.1. The van der Waals surface area contributed by atoms with Gasteiger partial charge in [0.1, 0.15) is 5.75 Å². The van der Waals surface area contributed by atoms with Crippen molar-refractivity contribution in [2.24, 2.45) is 0 Å². The molecule has 0 aliphatic carbocycles. The van der Waals surface area contributed by atoms with Crippen LogP contribution in [0.5, 0.6) is 5.75 Å². The molecule has 0 heterocycles. The Morgan fingerprint density at radius 1 is 1.47 bits per heavy atom. The normalized spacial score (nSPS) is 9.53. The SMILES string of the molecule is CCCOc1cccc(NC(=S)NC(C)=O)c1. The molecule has 0 saturated carbocycles. The van der Waals surface area contributed by atoms with Crippen LogP contribution in [-0.4, -0.2) is 17.6 Å². The minimum absolute atomic E-state index is 0.194. The largest absolute Gasteiger partial charge is 0.494 e. The van der Waals surface area contributed by atoms with Crippen LogP contribution in [0.4, 0.5) is 5.69 Å². The molecule has 0 bridgehead atoms. The molecule has 1 rings (SSSR count). The molecule has 0 aromatic heterocycles. The molecule has 1 aromatic rings. The van der Waals surface area contributed by atoms with E-state index in [4.69, 9.17) is 17.0 Å². The highest BCUT2D eigenvalue weighted by molar-refractivity contribution is 7.80. The number of hydrogen-bond donors (Lipinski definition) is 2. The number of anilines is 1. The monoisotopic (exact) mass is 252 g/mol. The zero-order valence-electron chi connectivity index (χ0n) is 9.95. The zero-order chi connectivity index (χ0) is 12.7. The molecule has 1 amide bonds. The first-order chi connectivity index (χ1) is 8.11. The molecule has 0 radical (unpaired) electrons. The van der Waals surface area contributed by atoms with Crippen LogP contribution >= 0.6 is 12.2 Å². The maximum atomic E-state index is 10.8. The van der Waals surface area contributed by atoms with Crippen LogP contribution in [0, 0.1) is 0 Å². The third-order valence-corrected chi connectivity index (χ3v) is 2.06. The van der Waals surface area contributed by atoms with Gasteiger partial charge in [0.15, 0.2) is 5.11 Å². The molecule has 0 aliphatic rings. The Morgan fingerprint density at radius 3 is 2.88 bits per heavy atom. The van der Waals surface area contributed by atoms with Gasteiger partial charge in [-0.15, -0.1) is 0 Å². The van der Waals surface area contributed by atoms with Crippen molar-refractivity contribution >= 4 is 28.9 Å². The zero-order valence-corrected chi connectivity index (χ0v) is 10.8. The molecule has 0 spiro atoms. The van der Waals surface area contributed by atoms with Crippen molar-refractivity contribution in [1.82, 2.24) is 5.32 Å². The van der Waals surface area contributed by atoms with E-state index < -0.39 is 0 Å². The van der Waals surface area contributed by atoms with E-state index in [9.17, 15) is 4.79 Å². The van der Waals surface area contributed by atoms with Gasteiger partial charge in [-0.25, -0.2) is 0 Å². The maximum Gasteiger partial charge on any atom is 0.222 e. The van der Waals surface area contributed by atoms with Crippen molar-refractivity contribution in [3.05, 3.63) is 24.3 Å². The average Bonchev–Trinajstić information content (AvgIpc) is 2.25. The Hall–Kier alpha value is -1.62. The molecule has 1 aromatic carbocycles. The van der Waals surface area contributed by atoms with Crippen molar-refractivity contribution in [1.29, 1.82) is 0 Å². The van der Waals surface area contributed by atoms with Crippen LogP contribution in [0.2, 0.25) is 0 Å². The number of rotatable bonds is 4. The maximum absolute atomic E-state index is 10.8. The van der Waals surface area contributed by atoms with Gasteiger partial charge >= 0.3 is 0 Å². The Balaban J connectivity index is 2.58. The smallest absolute Gasteiger partial charge is 0.222 e. The van der Waals surface area contributed by atoms with Crippen LogP contribution in [-0.2, 0) is 4.79 Å². The summed E-state index contributed by atoms with van der Waals surface area (Å²) in [6.07, 6.45) is 0.960. The fourth-order valence-corrected chi connectivity index (χ4v) is 1.47. The summed E-state index contributed by atoms with van der Waals surface area (Å²) in [5, 5.41) is 5.69. The first-order valence-corrected chi connectivity index (χ1v) is 5.84. The molecule has 2 N–H and O–H groups in total. The van der Waals surface area contributed by atoms with Crippen LogP contribution < -0.4 is 15.4 Å². The molecule has 0 fully saturated rings. The van der Waals surface area contributed by atoms with E-state index in [0.717, 1.165) is 17.9 Å². The van der Waals surface area contributed by atoms with Crippen LogP contribution in [0.3, 0.4) is 0 Å². The lowest BCUT2D eigenvalue weighted by atomic mass is 10.3. The molecule has 0 atom stereocenters. The first kappa shape index (κ1) is 13.4.